The molecule has 4 amide bonds. The monoisotopic (exact) mass is 754 g/mol. The SMILES string of the molecule is CNC(=O)[C@@H](Cc1ccc(I)cc1)N(C)C(=O)[C@@H](Cc1ccc2ccccc2c1)N(C)C(=O)/C=C/CC(C)(C)NC(=O)OC(C)(C)C. The predicted molar refractivity (Wildman–Crippen MR) is 195 cm³/mol. The summed E-state index contributed by atoms with van der Waals surface area (Å²) < 4.78 is 6.44. The fraction of sp³-hybridized carbons (Fsp3) is 0.405. The molecule has 10 heteroatoms. The second kappa shape index (κ2) is 16.3. The van der Waals surface area contributed by atoms with Gasteiger partial charge in [0.25, 0.3) is 0 Å². The maximum absolute atomic E-state index is 14.3. The molecule has 0 saturated heterocycles. The van der Waals surface area contributed by atoms with Crippen molar-refractivity contribution in [2.24, 2.45) is 0 Å². The molecule has 9 nitrogen and oxygen atoms in total. The van der Waals surface area contributed by atoms with E-state index in [9.17, 15) is 19.2 Å². The number of fused-ring (bicyclic) bond motifs is 1. The number of hydrogen-bond acceptors (Lipinski definition) is 5. The number of likely N-dealkylation sites (N-methyl/N-ethyl adjacent to an activating group) is 3. The van der Waals surface area contributed by atoms with Gasteiger partial charge in [-0.05, 0) is 104 Å². The van der Waals surface area contributed by atoms with Crippen LogP contribution in [0.3, 0.4) is 0 Å². The van der Waals surface area contributed by atoms with Crippen LogP contribution >= 0.6 is 22.6 Å². The second-order valence-electron chi connectivity index (χ2n) is 13.4. The number of benzene rings is 3. The first-order valence-corrected chi connectivity index (χ1v) is 16.7. The molecule has 0 saturated carbocycles. The third-order valence-electron chi connectivity index (χ3n) is 7.78. The molecule has 0 radical (unpaired) electrons. The summed E-state index contributed by atoms with van der Waals surface area (Å²) in [4.78, 5) is 56.2. The van der Waals surface area contributed by atoms with E-state index in [0.717, 1.165) is 25.5 Å². The van der Waals surface area contributed by atoms with Crippen LogP contribution in [-0.4, -0.2) is 78.0 Å². The minimum absolute atomic E-state index is 0.250. The molecular weight excluding hydrogens is 707 g/mol. The van der Waals surface area contributed by atoms with Crippen LogP contribution in [0.2, 0.25) is 0 Å². The predicted octanol–water partition coefficient (Wildman–Crippen LogP) is 5.88. The van der Waals surface area contributed by atoms with Gasteiger partial charge in [-0.15, -0.1) is 0 Å². The molecule has 47 heavy (non-hydrogen) atoms. The molecule has 0 aromatic heterocycles. The van der Waals surface area contributed by atoms with E-state index >= 15 is 0 Å². The summed E-state index contributed by atoms with van der Waals surface area (Å²) in [7, 11) is 4.76. The molecule has 0 unspecified atom stereocenters. The van der Waals surface area contributed by atoms with Gasteiger partial charge in [0, 0.05) is 43.1 Å². The van der Waals surface area contributed by atoms with Gasteiger partial charge in [0.15, 0.2) is 0 Å². The number of nitrogens with zero attached hydrogens (tertiary/aromatic N) is 2. The molecule has 0 spiro atoms. The van der Waals surface area contributed by atoms with Gasteiger partial charge in [0.05, 0.1) is 0 Å². The second-order valence-corrected chi connectivity index (χ2v) is 14.6. The average Bonchev–Trinajstić information content (AvgIpc) is 3.00. The van der Waals surface area contributed by atoms with E-state index in [1.54, 1.807) is 48.0 Å². The molecule has 0 aliphatic heterocycles. The maximum Gasteiger partial charge on any atom is 0.408 e. The number of carbonyl (C=O) groups excluding carboxylic acids is 4. The van der Waals surface area contributed by atoms with E-state index < -0.39 is 29.3 Å². The van der Waals surface area contributed by atoms with Gasteiger partial charge in [0.2, 0.25) is 17.7 Å². The fourth-order valence-corrected chi connectivity index (χ4v) is 5.50. The van der Waals surface area contributed by atoms with Crippen molar-refractivity contribution in [3.8, 4) is 0 Å². The summed E-state index contributed by atoms with van der Waals surface area (Å²) in [6.45, 7) is 9.05. The summed E-state index contributed by atoms with van der Waals surface area (Å²) >= 11 is 2.22. The third-order valence-corrected chi connectivity index (χ3v) is 8.50. The lowest BCUT2D eigenvalue weighted by Crippen LogP contribution is -2.55. The van der Waals surface area contributed by atoms with Crippen LogP contribution in [0.4, 0.5) is 4.79 Å². The van der Waals surface area contributed by atoms with E-state index in [4.69, 9.17) is 4.74 Å². The smallest absolute Gasteiger partial charge is 0.408 e. The fourth-order valence-electron chi connectivity index (χ4n) is 5.14. The number of ether oxygens (including phenoxy) is 1. The molecule has 0 bridgehead atoms. The Bertz CT molecular complexity index is 1600. The zero-order chi connectivity index (χ0) is 34.9. The number of alkyl carbamates (subject to hydrolysis) is 1. The number of rotatable bonds is 12. The molecule has 0 aliphatic carbocycles. The molecule has 252 valence electrons. The van der Waals surface area contributed by atoms with E-state index in [2.05, 4.69) is 33.2 Å². The Labute approximate surface area is 292 Å². The molecular formula is C37H47IN4O5. The van der Waals surface area contributed by atoms with E-state index in [0.29, 0.717) is 12.8 Å². The zero-order valence-electron chi connectivity index (χ0n) is 28.6. The van der Waals surface area contributed by atoms with Crippen LogP contribution in [0.15, 0.2) is 78.9 Å². The van der Waals surface area contributed by atoms with Crippen molar-refractivity contribution < 1.29 is 23.9 Å². The Kier molecular flexibility index (Phi) is 13.0. The van der Waals surface area contributed by atoms with Gasteiger partial charge in [-0.1, -0.05) is 60.7 Å². The number of nitrogens with one attached hydrogen (secondary N) is 2. The first kappa shape index (κ1) is 37.5. The lowest BCUT2D eigenvalue weighted by Gasteiger charge is -2.34. The van der Waals surface area contributed by atoms with Gasteiger partial charge >= 0.3 is 6.09 Å². The van der Waals surface area contributed by atoms with Crippen molar-refractivity contribution in [2.75, 3.05) is 21.1 Å². The Morgan fingerprint density at radius 1 is 0.830 bits per heavy atom. The summed E-state index contributed by atoms with van der Waals surface area (Å²) in [5.41, 5.74) is 0.482. The summed E-state index contributed by atoms with van der Waals surface area (Å²) in [5, 5.41) is 7.63. The van der Waals surface area contributed by atoms with Gasteiger partial charge in [0.1, 0.15) is 17.7 Å². The standard InChI is InChI=1S/C37H47IN4O5/c1-36(2,3)47-35(46)40-37(4,5)21-11-14-32(43)41(7)31(24-26-15-18-27-12-9-10-13-28(27)22-26)34(45)42(8)30(33(44)39-6)23-25-16-19-29(38)20-17-25/h9-20,22,30-31H,21,23-24H2,1-8H3,(H,39,44)(H,40,46)/b14-11+/t30-,31-/m1/s1. The highest BCUT2D eigenvalue weighted by molar-refractivity contribution is 14.1. The van der Waals surface area contributed by atoms with Crippen molar-refractivity contribution >= 4 is 57.2 Å². The molecule has 3 rings (SSSR count). The van der Waals surface area contributed by atoms with Crippen LogP contribution < -0.4 is 10.6 Å². The third kappa shape index (κ3) is 11.4. The molecule has 2 N–H and O–H groups in total. The minimum Gasteiger partial charge on any atom is -0.444 e. The van der Waals surface area contributed by atoms with Crippen molar-refractivity contribution in [1.82, 2.24) is 20.4 Å². The van der Waals surface area contributed by atoms with Crippen LogP contribution in [0.25, 0.3) is 10.8 Å². The molecule has 3 aromatic carbocycles. The highest BCUT2D eigenvalue weighted by Gasteiger charge is 2.34. The highest BCUT2D eigenvalue weighted by Crippen LogP contribution is 2.21. The van der Waals surface area contributed by atoms with E-state index in [-0.39, 0.29) is 24.1 Å². The highest BCUT2D eigenvalue weighted by atomic mass is 127. The molecule has 3 aromatic rings. The number of hydrogen-bond donors (Lipinski definition) is 2. The number of amides is 4. The summed E-state index contributed by atoms with van der Waals surface area (Å²) in [6.07, 6.45) is 3.48. The van der Waals surface area contributed by atoms with Gasteiger partial charge in [-0.3, -0.25) is 14.4 Å². The van der Waals surface area contributed by atoms with Crippen molar-refractivity contribution in [1.29, 1.82) is 0 Å². The Morgan fingerprint density at radius 3 is 2.04 bits per heavy atom. The zero-order valence-corrected chi connectivity index (χ0v) is 30.8. The lowest BCUT2D eigenvalue weighted by atomic mass is 9.98. The topological polar surface area (TPSA) is 108 Å². The van der Waals surface area contributed by atoms with Gasteiger partial charge < -0.3 is 25.2 Å². The number of carbonyl (C=O) groups is 4. The quantitative estimate of drug-likeness (QED) is 0.178. The van der Waals surface area contributed by atoms with Gasteiger partial charge in [-0.2, -0.15) is 0 Å². The van der Waals surface area contributed by atoms with Crippen molar-refractivity contribution in [3.05, 3.63) is 93.6 Å². The maximum atomic E-state index is 14.3. The number of halogens is 1. The average molecular weight is 755 g/mol. The Morgan fingerprint density at radius 2 is 1.43 bits per heavy atom. The van der Waals surface area contributed by atoms with Crippen molar-refractivity contribution in [2.45, 2.75) is 77.1 Å². The Hall–Kier alpha value is -3.93. The lowest BCUT2D eigenvalue weighted by molar-refractivity contribution is -0.146. The summed E-state index contributed by atoms with van der Waals surface area (Å²) in [6, 6.07) is 20.1. The van der Waals surface area contributed by atoms with E-state index in [1.807, 2.05) is 80.6 Å². The summed E-state index contributed by atoms with van der Waals surface area (Å²) in [5.74, 6) is -1.02. The molecule has 2 atom stereocenters. The molecule has 0 fully saturated rings. The minimum atomic E-state index is -0.893. The van der Waals surface area contributed by atoms with E-state index in [1.165, 1.54) is 15.9 Å². The van der Waals surface area contributed by atoms with Crippen LogP contribution in [0, 0.1) is 3.57 Å². The van der Waals surface area contributed by atoms with Crippen molar-refractivity contribution in [3.63, 3.8) is 0 Å². The molecule has 0 aliphatic rings. The largest absolute Gasteiger partial charge is 0.444 e. The normalized spacial score (nSPS) is 13.1. The van der Waals surface area contributed by atoms with Gasteiger partial charge in [-0.25, -0.2) is 4.79 Å². The van der Waals surface area contributed by atoms with Crippen LogP contribution in [-0.2, 0) is 32.0 Å². The van der Waals surface area contributed by atoms with Crippen LogP contribution in [0.5, 0.6) is 0 Å². The van der Waals surface area contributed by atoms with Crippen LogP contribution in [0.1, 0.15) is 52.2 Å². The Balaban J connectivity index is 1.87. The first-order chi connectivity index (χ1) is 22.0. The first-order valence-electron chi connectivity index (χ1n) is 15.6. The molecule has 0 heterocycles.